The molecule has 4 heteroatoms. The fourth-order valence-electron chi connectivity index (χ4n) is 4.74. The van der Waals surface area contributed by atoms with Crippen molar-refractivity contribution in [2.24, 2.45) is 5.92 Å². The van der Waals surface area contributed by atoms with Crippen molar-refractivity contribution in [1.29, 1.82) is 5.41 Å². The van der Waals surface area contributed by atoms with Crippen molar-refractivity contribution in [3.05, 3.63) is 29.1 Å². The summed E-state index contributed by atoms with van der Waals surface area (Å²) in [6, 6.07) is 2.32. The monoisotopic (exact) mass is 332 g/mol. The summed E-state index contributed by atoms with van der Waals surface area (Å²) in [5.41, 5.74) is 4.60. The summed E-state index contributed by atoms with van der Waals surface area (Å²) < 4.78 is 8.96. The van der Waals surface area contributed by atoms with Crippen LogP contribution in [0.2, 0.25) is 0 Å². The Morgan fingerprint density at radius 2 is 2.26 bits per heavy atom. The molecule has 3 aliphatic rings. The Morgan fingerprint density at radius 3 is 3.04 bits per heavy atom. The first-order valence-electron chi connectivity index (χ1n) is 8.79. The zero-order valence-corrected chi connectivity index (χ0v) is 14.7. The van der Waals surface area contributed by atoms with Gasteiger partial charge in [-0.2, -0.15) is 0 Å². The summed E-state index contributed by atoms with van der Waals surface area (Å²) in [6.45, 7) is 5.39. The number of nitrogens with one attached hydrogen (secondary N) is 1. The van der Waals surface area contributed by atoms with Crippen molar-refractivity contribution in [2.45, 2.75) is 69.6 Å². The van der Waals surface area contributed by atoms with Gasteiger partial charge in [0.2, 0.25) is 0 Å². The Bertz CT molecular complexity index is 677. The van der Waals surface area contributed by atoms with Crippen LogP contribution in [0.3, 0.4) is 0 Å². The first kappa shape index (κ1) is 15.5. The number of aromatic nitrogens is 1. The molecule has 4 atom stereocenters. The van der Waals surface area contributed by atoms with Crippen LogP contribution in [0.4, 0.5) is 0 Å². The Hall–Kier alpha value is -1.06. The van der Waals surface area contributed by atoms with E-state index < -0.39 is 0 Å². The van der Waals surface area contributed by atoms with Crippen molar-refractivity contribution in [3.8, 4) is 0 Å². The highest BCUT2D eigenvalue weighted by molar-refractivity contribution is 6.22. The Balaban J connectivity index is 1.71. The average molecular weight is 333 g/mol. The second kappa shape index (κ2) is 5.49. The number of ether oxygens (including phenoxy) is 1. The predicted octanol–water partition coefficient (Wildman–Crippen LogP) is 4.51. The molecule has 2 aliphatic carbocycles. The molecule has 1 aliphatic heterocycles. The summed E-state index contributed by atoms with van der Waals surface area (Å²) >= 11 is 6.31. The Labute approximate surface area is 143 Å². The van der Waals surface area contributed by atoms with Crippen LogP contribution in [0.5, 0.6) is 0 Å². The lowest BCUT2D eigenvalue weighted by atomic mass is 9.81. The minimum absolute atomic E-state index is 0.100. The van der Waals surface area contributed by atoms with Crippen LogP contribution in [0.15, 0.2) is 12.1 Å². The normalized spacial score (nSPS) is 36.1. The minimum atomic E-state index is -0.233. The number of halogens is 1. The molecule has 0 spiro atoms. The molecule has 2 fully saturated rings. The van der Waals surface area contributed by atoms with Gasteiger partial charge >= 0.3 is 0 Å². The SMILES string of the molecule is CCn1c(C2(C)CC3CC(=N)CCC3O2)cc2c1C=CC(Cl)C2. The van der Waals surface area contributed by atoms with Gasteiger partial charge in [-0.15, -0.1) is 11.6 Å². The average Bonchev–Trinajstić information content (AvgIpc) is 3.04. The van der Waals surface area contributed by atoms with Gasteiger partial charge in [-0.1, -0.05) is 6.08 Å². The molecule has 4 unspecified atom stereocenters. The summed E-state index contributed by atoms with van der Waals surface area (Å²) in [5, 5.41) is 8.10. The number of nitrogens with zero attached hydrogens (tertiary/aromatic N) is 1. The van der Waals surface area contributed by atoms with E-state index in [1.54, 1.807) is 0 Å². The van der Waals surface area contributed by atoms with E-state index >= 15 is 0 Å². The topological polar surface area (TPSA) is 38.0 Å². The highest BCUT2D eigenvalue weighted by Crippen LogP contribution is 2.48. The third-order valence-electron chi connectivity index (χ3n) is 5.79. The Morgan fingerprint density at radius 1 is 1.43 bits per heavy atom. The van der Waals surface area contributed by atoms with Crippen molar-refractivity contribution < 1.29 is 4.74 Å². The fraction of sp³-hybridized carbons (Fsp3) is 0.632. The van der Waals surface area contributed by atoms with E-state index in [0.717, 1.165) is 44.4 Å². The van der Waals surface area contributed by atoms with Crippen molar-refractivity contribution in [1.82, 2.24) is 4.57 Å². The van der Waals surface area contributed by atoms with Gasteiger partial charge in [0.15, 0.2) is 0 Å². The summed E-state index contributed by atoms with van der Waals surface area (Å²) in [4.78, 5) is 0. The molecular formula is C19H25ClN2O. The van der Waals surface area contributed by atoms with Gasteiger partial charge in [-0.05, 0) is 69.6 Å². The molecule has 0 bridgehead atoms. The van der Waals surface area contributed by atoms with Gasteiger partial charge in [0, 0.05) is 18.0 Å². The van der Waals surface area contributed by atoms with Gasteiger partial charge in [0.1, 0.15) is 5.60 Å². The van der Waals surface area contributed by atoms with E-state index in [1.165, 1.54) is 17.0 Å². The van der Waals surface area contributed by atoms with Crippen LogP contribution in [0.1, 0.15) is 56.5 Å². The fourth-order valence-corrected chi connectivity index (χ4v) is 4.98. The zero-order valence-electron chi connectivity index (χ0n) is 13.9. The molecule has 0 radical (unpaired) electrons. The lowest BCUT2D eigenvalue weighted by Crippen LogP contribution is -2.27. The second-order valence-electron chi connectivity index (χ2n) is 7.46. The van der Waals surface area contributed by atoms with Gasteiger partial charge < -0.3 is 14.7 Å². The van der Waals surface area contributed by atoms with Crippen molar-refractivity contribution >= 4 is 23.4 Å². The second-order valence-corrected chi connectivity index (χ2v) is 8.02. The summed E-state index contributed by atoms with van der Waals surface area (Å²) in [5.74, 6) is 0.509. The van der Waals surface area contributed by atoms with Crippen molar-refractivity contribution in [3.63, 3.8) is 0 Å². The van der Waals surface area contributed by atoms with Crippen LogP contribution in [0, 0.1) is 11.3 Å². The summed E-state index contributed by atoms with van der Waals surface area (Å²) in [6.07, 6.45) is 9.34. The molecule has 1 aromatic rings. The molecule has 0 aromatic carbocycles. The molecule has 0 amide bonds. The van der Waals surface area contributed by atoms with E-state index in [0.29, 0.717) is 12.0 Å². The minimum Gasteiger partial charge on any atom is -0.366 e. The number of fused-ring (bicyclic) bond motifs is 2. The molecule has 23 heavy (non-hydrogen) atoms. The number of allylic oxidation sites excluding steroid dienone is 1. The molecule has 1 saturated carbocycles. The van der Waals surface area contributed by atoms with Crippen LogP contribution >= 0.6 is 11.6 Å². The smallest absolute Gasteiger partial charge is 0.106 e. The van der Waals surface area contributed by atoms with E-state index in [9.17, 15) is 0 Å². The van der Waals surface area contributed by atoms with E-state index in [2.05, 4.69) is 36.6 Å². The molecule has 1 aromatic heterocycles. The Kier molecular flexibility index (Phi) is 3.69. The van der Waals surface area contributed by atoms with E-state index in [4.69, 9.17) is 21.7 Å². The number of rotatable bonds is 2. The van der Waals surface area contributed by atoms with Crippen LogP contribution in [0.25, 0.3) is 6.08 Å². The molecule has 1 saturated heterocycles. The van der Waals surface area contributed by atoms with Gasteiger partial charge in [0.25, 0.3) is 0 Å². The molecule has 1 N–H and O–H groups in total. The largest absolute Gasteiger partial charge is 0.366 e. The molecule has 3 nitrogen and oxygen atoms in total. The van der Waals surface area contributed by atoms with Gasteiger partial charge in [-0.25, -0.2) is 0 Å². The van der Waals surface area contributed by atoms with E-state index in [1.807, 2.05) is 0 Å². The lowest BCUT2D eigenvalue weighted by molar-refractivity contribution is -0.0451. The zero-order chi connectivity index (χ0) is 16.2. The first-order valence-corrected chi connectivity index (χ1v) is 9.23. The quantitative estimate of drug-likeness (QED) is 0.795. The maximum atomic E-state index is 8.00. The molecule has 2 heterocycles. The van der Waals surface area contributed by atoms with Crippen LogP contribution in [-0.4, -0.2) is 21.8 Å². The molecule has 124 valence electrons. The maximum absolute atomic E-state index is 8.00. The van der Waals surface area contributed by atoms with Crippen LogP contribution < -0.4 is 0 Å². The predicted molar refractivity (Wildman–Crippen MR) is 94.4 cm³/mol. The molecule has 4 rings (SSSR count). The number of hydrogen-bond acceptors (Lipinski definition) is 2. The highest BCUT2D eigenvalue weighted by Gasteiger charge is 2.47. The third kappa shape index (κ3) is 2.49. The van der Waals surface area contributed by atoms with E-state index in [-0.39, 0.29) is 11.0 Å². The van der Waals surface area contributed by atoms with Crippen LogP contribution in [-0.2, 0) is 23.3 Å². The van der Waals surface area contributed by atoms with Crippen molar-refractivity contribution in [2.75, 3.05) is 0 Å². The third-order valence-corrected chi connectivity index (χ3v) is 6.09. The lowest BCUT2D eigenvalue weighted by Gasteiger charge is -2.27. The number of alkyl halides is 1. The first-order chi connectivity index (χ1) is 11.0. The standard InChI is InChI=1S/C19H25ClN2O/c1-3-22-16-6-4-14(20)8-12(16)10-18(22)19(2)11-13-9-15(21)5-7-17(13)23-19/h4,6,10,13-14,17,21H,3,5,7-9,11H2,1-2H3. The highest BCUT2D eigenvalue weighted by atomic mass is 35.5. The van der Waals surface area contributed by atoms with Gasteiger partial charge in [0.05, 0.1) is 17.2 Å². The number of hydrogen-bond donors (Lipinski definition) is 1. The van der Waals surface area contributed by atoms with Gasteiger partial charge in [-0.3, -0.25) is 0 Å². The summed E-state index contributed by atoms with van der Waals surface area (Å²) in [7, 11) is 0. The molecular weight excluding hydrogens is 308 g/mol. The maximum Gasteiger partial charge on any atom is 0.106 e.